The topological polar surface area (TPSA) is 99.1 Å². The first kappa shape index (κ1) is 39.0. The highest BCUT2D eigenvalue weighted by Crippen LogP contribution is 2.78. The molecule has 58 heavy (non-hydrogen) atoms. The number of methoxy groups -OCH3 is 1. The van der Waals surface area contributed by atoms with Crippen LogP contribution in [0.3, 0.4) is 0 Å². The van der Waals surface area contributed by atoms with Crippen LogP contribution >= 0.6 is 11.6 Å². The van der Waals surface area contributed by atoms with Gasteiger partial charge in [-0.05, 0) is 160 Å². The predicted octanol–water partition coefficient (Wildman–Crippen LogP) is 9.94. The number of hydrogen-bond donors (Lipinski definition) is 3. The highest BCUT2D eigenvalue weighted by Gasteiger charge is 2.74. The molecule has 10 aliphatic rings. The van der Waals surface area contributed by atoms with Gasteiger partial charge in [0.05, 0.1) is 25.4 Å². The van der Waals surface area contributed by atoms with Crippen molar-refractivity contribution in [2.75, 3.05) is 25.5 Å². The average molecular weight is 811 g/mol. The number of halogens is 2. The van der Waals surface area contributed by atoms with Gasteiger partial charge >= 0.3 is 6.03 Å². The summed E-state index contributed by atoms with van der Waals surface area (Å²) in [6.45, 7) is 5.45. The van der Waals surface area contributed by atoms with Crippen LogP contribution in [0.2, 0.25) is 5.02 Å². The SMILES string of the molecule is COc1ccc(NC(=O)N(CC23CC4CC(CC(C4)C2)C3)CC2(O)CCC3C45C=CC6(C=C4C(=O)Cc4c(F)cccc4Cl)CC(O)CCC6(C)C5CCC32C)cc1. The van der Waals surface area contributed by atoms with E-state index in [0.29, 0.717) is 37.1 Å². The van der Waals surface area contributed by atoms with Crippen LogP contribution in [0.15, 0.2) is 66.3 Å². The van der Waals surface area contributed by atoms with Crippen molar-refractivity contribution in [1.82, 2.24) is 4.90 Å². The van der Waals surface area contributed by atoms with Crippen molar-refractivity contribution in [2.45, 2.75) is 115 Å². The van der Waals surface area contributed by atoms with Crippen LogP contribution in [0.25, 0.3) is 0 Å². The average Bonchev–Trinajstić information content (AvgIpc) is 3.45. The molecule has 0 aromatic heterocycles. The first-order chi connectivity index (χ1) is 27.6. The largest absolute Gasteiger partial charge is 0.497 e. The molecule has 9 heteroatoms. The highest BCUT2D eigenvalue weighted by molar-refractivity contribution is 6.31. The lowest BCUT2D eigenvalue weighted by Gasteiger charge is -2.71. The summed E-state index contributed by atoms with van der Waals surface area (Å²) >= 11 is 6.54. The second kappa shape index (κ2) is 13.4. The number of nitrogens with zero attached hydrogens (tertiary/aromatic N) is 1. The zero-order chi connectivity index (χ0) is 40.5. The summed E-state index contributed by atoms with van der Waals surface area (Å²) in [6.07, 6.45) is 18.5. The van der Waals surface area contributed by atoms with Gasteiger partial charge in [0.25, 0.3) is 0 Å². The first-order valence-corrected chi connectivity index (χ1v) is 22.5. The normalized spacial score (nSPS) is 42.6. The standard InChI is InChI=1S/C49H60ClFN2O5/c1-44-14-11-34(54)26-47(44)17-18-49(37(27-47)40(55)22-36-38(50)5-4-6-39(36)51)41(44)12-15-45(2)42(49)13-16-48(45,57)29-53(43(56)52-33-7-9-35(58-3)10-8-33)28-46-23-30-19-31(24-46)21-32(20-30)25-46/h4-10,17-18,27,30-32,34,41-42,54,57H,11-16,19-26,28-29H2,1-3H3,(H,52,56). The van der Waals surface area contributed by atoms with Gasteiger partial charge in [-0.15, -0.1) is 0 Å². The Kier molecular flexibility index (Phi) is 9.00. The number of urea groups is 1. The summed E-state index contributed by atoms with van der Waals surface area (Å²) in [5.74, 6) is 2.30. The Hall–Kier alpha value is -3.20. The number of aliphatic hydroxyl groups excluding tert-OH is 1. The fourth-order valence-corrected chi connectivity index (χ4v) is 16.1. The van der Waals surface area contributed by atoms with Gasteiger partial charge in [0.15, 0.2) is 5.78 Å². The minimum atomic E-state index is -1.20. The van der Waals surface area contributed by atoms with Crippen LogP contribution in [0, 0.1) is 62.5 Å². The van der Waals surface area contributed by atoms with E-state index in [1.54, 1.807) is 19.2 Å². The Bertz CT molecular complexity index is 2030. The van der Waals surface area contributed by atoms with Crippen molar-refractivity contribution >= 4 is 29.1 Å². The smallest absolute Gasteiger partial charge is 0.321 e. The molecule has 0 radical (unpaired) electrons. The van der Waals surface area contributed by atoms with Crippen LogP contribution in [-0.2, 0) is 11.2 Å². The van der Waals surface area contributed by atoms with E-state index < -0.39 is 33.8 Å². The van der Waals surface area contributed by atoms with Crippen molar-refractivity contribution in [3.63, 3.8) is 0 Å². The van der Waals surface area contributed by atoms with E-state index in [1.807, 2.05) is 29.2 Å². The summed E-state index contributed by atoms with van der Waals surface area (Å²) in [5, 5.41) is 28.0. The molecule has 12 rings (SSSR count). The number of carbonyl (C=O) groups is 2. The molecule has 7 nitrogen and oxygen atoms in total. The fourth-order valence-electron chi connectivity index (χ4n) is 15.9. The molecule has 310 valence electrons. The van der Waals surface area contributed by atoms with E-state index in [0.717, 1.165) is 68.4 Å². The van der Waals surface area contributed by atoms with Gasteiger partial charge in [-0.25, -0.2) is 9.18 Å². The second-order valence-electron chi connectivity index (χ2n) is 21.0. The van der Waals surface area contributed by atoms with Crippen molar-refractivity contribution in [3.8, 4) is 5.75 Å². The number of anilines is 1. The lowest BCUT2D eigenvalue weighted by Crippen LogP contribution is -2.67. The maximum Gasteiger partial charge on any atom is 0.321 e. The van der Waals surface area contributed by atoms with Crippen molar-refractivity contribution in [1.29, 1.82) is 0 Å². The molecule has 2 amide bonds. The molecule has 0 aliphatic heterocycles. The van der Waals surface area contributed by atoms with E-state index in [9.17, 15) is 19.8 Å². The molecule has 0 heterocycles. The molecule has 2 aromatic carbocycles. The minimum Gasteiger partial charge on any atom is -0.497 e. The molecule has 7 fully saturated rings. The van der Waals surface area contributed by atoms with E-state index in [1.165, 1.54) is 25.3 Å². The predicted molar refractivity (Wildman–Crippen MR) is 223 cm³/mol. The zero-order valence-electron chi connectivity index (χ0n) is 34.4. The fraction of sp³-hybridized carbons (Fsp3) is 0.633. The van der Waals surface area contributed by atoms with Crippen molar-refractivity contribution in [3.05, 3.63) is 82.7 Å². The number of allylic oxidation sites excluding steroid dienone is 4. The molecule has 2 spiro atoms. The molecule has 3 N–H and O–H groups in total. The summed E-state index contributed by atoms with van der Waals surface area (Å²) in [4.78, 5) is 31.6. The number of aliphatic hydroxyl groups is 2. The van der Waals surface area contributed by atoms with E-state index in [4.69, 9.17) is 16.3 Å². The minimum absolute atomic E-state index is 0.0624. The second-order valence-corrected chi connectivity index (χ2v) is 21.5. The van der Waals surface area contributed by atoms with Crippen LogP contribution in [0.5, 0.6) is 5.75 Å². The zero-order valence-corrected chi connectivity index (χ0v) is 35.1. The van der Waals surface area contributed by atoms with Crippen molar-refractivity contribution < 1.29 is 28.9 Å². The molecular weight excluding hydrogens is 751 g/mol. The Balaban J connectivity index is 1.02. The summed E-state index contributed by atoms with van der Waals surface area (Å²) in [6, 6.07) is 11.8. The van der Waals surface area contributed by atoms with Crippen LogP contribution in [0.1, 0.15) is 103 Å². The molecule has 7 saturated carbocycles. The third kappa shape index (κ3) is 5.62. The number of Topliss-reactive ketones (excluding diaryl/α,β-unsaturated/α-hetero) is 1. The molecule has 8 unspecified atom stereocenters. The monoisotopic (exact) mass is 810 g/mol. The van der Waals surface area contributed by atoms with E-state index >= 15 is 4.39 Å². The van der Waals surface area contributed by atoms with E-state index in [2.05, 4.69) is 37.4 Å². The Morgan fingerprint density at radius 1 is 0.879 bits per heavy atom. The maximum atomic E-state index is 15.3. The van der Waals surface area contributed by atoms with E-state index in [-0.39, 0.29) is 58.0 Å². The van der Waals surface area contributed by atoms with Crippen LogP contribution < -0.4 is 10.1 Å². The lowest BCUT2D eigenvalue weighted by atomic mass is 9.32. The van der Waals surface area contributed by atoms with Gasteiger partial charge in [0, 0.05) is 51.1 Å². The van der Waals surface area contributed by atoms with Gasteiger partial charge in [0.1, 0.15) is 11.6 Å². The summed E-state index contributed by atoms with van der Waals surface area (Å²) in [5.41, 5.74) is -1.52. The number of ketones is 1. The molecular formula is C49H60ClFN2O5. The number of rotatable bonds is 9. The Morgan fingerprint density at radius 2 is 1.53 bits per heavy atom. The van der Waals surface area contributed by atoms with Gasteiger partial charge in [-0.1, -0.05) is 49.7 Å². The van der Waals surface area contributed by atoms with Gasteiger partial charge < -0.3 is 25.2 Å². The summed E-state index contributed by atoms with van der Waals surface area (Å²) in [7, 11) is 1.63. The highest BCUT2D eigenvalue weighted by atomic mass is 35.5. The third-order valence-electron chi connectivity index (χ3n) is 18.2. The number of ether oxygens (including phenoxy) is 1. The molecule has 6 bridgehead atoms. The van der Waals surface area contributed by atoms with Gasteiger partial charge in [-0.2, -0.15) is 0 Å². The molecule has 8 atom stereocenters. The molecule has 10 aliphatic carbocycles. The van der Waals surface area contributed by atoms with Crippen LogP contribution in [0.4, 0.5) is 14.9 Å². The van der Waals surface area contributed by atoms with Crippen LogP contribution in [-0.4, -0.2) is 58.8 Å². The quantitative estimate of drug-likeness (QED) is 0.219. The molecule has 0 saturated heterocycles. The number of carbonyl (C=O) groups excluding carboxylic acids is 2. The number of benzene rings is 2. The first-order valence-electron chi connectivity index (χ1n) is 22.1. The Morgan fingerprint density at radius 3 is 2.21 bits per heavy atom. The third-order valence-corrected chi connectivity index (χ3v) is 18.5. The number of amides is 2. The Labute approximate surface area is 347 Å². The number of nitrogens with one attached hydrogen (secondary N) is 1. The summed E-state index contributed by atoms with van der Waals surface area (Å²) < 4.78 is 20.7. The number of fused-ring (bicyclic) bond motifs is 1. The lowest BCUT2D eigenvalue weighted by molar-refractivity contribution is -0.179. The molecule has 2 aromatic rings. The number of hydrogen-bond acceptors (Lipinski definition) is 5. The van der Waals surface area contributed by atoms with Crippen molar-refractivity contribution in [2.24, 2.45) is 56.7 Å². The maximum absolute atomic E-state index is 15.3. The van der Waals surface area contributed by atoms with Gasteiger partial charge in [-0.3, -0.25) is 4.79 Å². The van der Waals surface area contributed by atoms with Gasteiger partial charge in [0.2, 0.25) is 0 Å².